The summed E-state index contributed by atoms with van der Waals surface area (Å²) in [6, 6.07) is 12.9. The number of phenols is 1. The molecule has 0 aliphatic rings. The largest absolute Gasteiger partial charge is 0.507 e. The predicted octanol–water partition coefficient (Wildman–Crippen LogP) is 2.85. The van der Waals surface area contributed by atoms with Gasteiger partial charge in [0, 0.05) is 11.3 Å². The van der Waals surface area contributed by atoms with Gasteiger partial charge < -0.3 is 10.4 Å². The zero-order valence-electron chi connectivity index (χ0n) is 10.4. The van der Waals surface area contributed by atoms with Crippen molar-refractivity contribution in [2.75, 3.05) is 5.32 Å². The normalized spacial score (nSPS) is 9.95. The second-order valence-electron chi connectivity index (χ2n) is 4.11. The summed E-state index contributed by atoms with van der Waals surface area (Å²) >= 11 is 0. The van der Waals surface area contributed by atoms with Crippen LogP contribution in [0.15, 0.2) is 48.5 Å². The number of hydrogen-bond acceptors (Lipinski definition) is 3. The fourth-order valence-electron chi connectivity index (χ4n) is 1.68. The number of ketones is 1. The van der Waals surface area contributed by atoms with Crippen LogP contribution in [0.25, 0.3) is 0 Å². The van der Waals surface area contributed by atoms with Gasteiger partial charge >= 0.3 is 0 Å². The van der Waals surface area contributed by atoms with Crippen LogP contribution in [0.1, 0.15) is 27.6 Å². The van der Waals surface area contributed by atoms with Gasteiger partial charge in [0.25, 0.3) is 5.91 Å². The van der Waals surface area contributed by atoms with E-state index in [9.17, 15) is 14.7 Å². The Kier molecular flexibility index (Phi) is 3.61. The van der Waals surface area contributed by atoms with Crippen molar-refractivity contribution in [1.29, 1.82) is 0 Å². The maximum Gasteiger partial charge on any atom is 0.259 e. The highest BCUT2D eigenvalue weighted by atomic mass is 16.3. The maximum absolute atomic E-state index is 12.0. The molecule has 19 heavy (non-hydrogen) atoms. The first-order chi connectivity index (χ1) is 9.08. The highest BCUT2D eigenvalue weighted by Crippen LogP contribution is 2.18. The van der Waals surface area contributed by atoms with Gasteiger partial charge in [0.15, 0.2) is 5.78 Å². The van der Waals surface area contributed by atoms with Crippen LogP contribution in [0.4, 0.5) is 5.69 Å². The highest BCUT2D eigenvalue weighted by Gasteiger charge is 2.10. The van der Waals surface area contributed by atoms with Crippen LogP contribution in [0, 0.1) is 0 Å². The van der Waals surface area contributed by atoms with Crippen LogP contribution >= 0.6 is 0 Å². The Bertz CT molecular complexity index is 635. The van der Waals surface area contributed by atoms with E-state index < -0.39 is 5.91 Å². The second kappa shape index (κ2) is 5.35. The molecule has 0 heterocycles. The molecule has 2 aromatic rings. The lowest BCUT2D eigenvalue weighted by atomic mass is 10.1. The van der Waals surface area contributed by atoms with Crippen molar-refractivity contribution in [2.45, 2.75) is 6.92 Å². The third-order valence-corrected chi connectivity index (χ3v) is 2.68. The lowest BCUT2D eigenvalue weighted by molar-refractivity contribution is 0.101. The van der Waals surface area contributed by atoms with Gasteiger partial charge in [-0.2, -0.15) is 0 Å². The molecule has 0 bridgehead atoms. The van der Waals surface area contributed by atoms with E-state index in [-0.39, 0.29) is 17.1 Å². The van der Waals surface area contributed by atoms with Gasteiger partial charge in [-0.25, -0.2) is 0 Å². The zero-order valence-corrected chi connectivity index (χ0v) is 10.4. The SMILES string of the molecule is CC(=O)c1cccc(NC(=O)c2ccccc2O)c1. The van der Waals surface area contributed by atoms with E-state index in [1.54, 1.807) is 36.4 Å². The number of Topliss-reactive ketones (excluding diaryl/α,β-unsaturated/α-hetero) is 1. The number of phenolic OH excluding ortho intramolecular Hbond substituents is 1. The molecule has 0 radical (unpaired) electrons. The fourth-order valence-corrected chi connectivity index (χ4v) is 1.68. The van der Waals surface area contributed by atoms with E-state index >= 15 is 0 Å². The van der Waals surface area contributed by atoms with Crippen molar-refractivity contribution in [3.63, 3.8) is 0 Å². The number of anilines is 1. The van der Waals surface area contributed by atoms with Crippen molar-refractivity contribution >= 4 is 17.4 Å². The molecule has 96 valence electrons. The minimum absolute atomic E-state index is 0.0707. The van der Waals surface area contributed by atoms with E-state index in [2.05, 4.69) is 5.32 Å². The molecule has 0 aromatic heterocycles. The third-order valence-electron chi connectivity index (χ3n) is 2.68. The molecular formula is C15H13NO3. The van der Waals surface area contributed by atoms with Gasteiger partial charge in [-0.05, 0) is 31.2 Å². The first kappa shape index (κ1) is 12.8. The second-order valence-corrected chi connectivity index (χ2v) is 4.11. The minimum Gasteiger partial charge on any atom is -0.507 e. The molecule has 0 saturated carbocycles. The molecule has 1 amide bonds. The summed E-state index contributed by atoms with van der Waals surface area (Å²) in [6.45, 7) is 1.46. The van der Waals surface area contributed by atoms with Crippen LogP contribution in [-0.2, 0) is 0 Å². The van der Waals surface area contributed by atoms with E-state index in [0.29, 0.717) is 11.3 Å². The Morgan fingerprint density at radius 1 is 1.05 bits per heavy atom. The lowest BCUT2D eigenvalue weighted by Gasteiger charge is -2.07. The number of carbonyl (C=O) groups is 2. The van der Waals surface area contributed by atoms with Gasteiger partial charge in [-0.1, -0.05) is 24.3 Å². The number of nitrogens with one attached hydrogen (secondary N) is 1. The zero-order chi connectivity index (χ0) is 13.8. The van der Waals surface area contributed by atoms with Crippen LogP contribution < -0.4 is 5.32 Å². The molecule has 0 atom stereocenters. The van der Waals surface area contributed by atoms with Crippen LogP contribution in [0.2, 0.25) is 0 Å². The van der Waals surface area contributed by atoms with Crippen molar-refractivity contribution in [1.82, 2.24) is 0 Å². The molecule has 4 nitrogen and oxygen atoms in total. The Hall–Kier alpha value is -2.62. The Morgan fingerprint density at radius 3 is 2.47 bits per heavy atom. The molecule has 0 aliphatic heterocycles. The van der Waals surface area contributed by atoms with E-state index in [4.69, 9.17) is 0 Å². The van der Waals surface area contributed by atoms with Gasteiger partial charge in [-0.3, -0.25) is 9.59 Å². The molecule has 2 N–H and O–H groups in total. The minimum atomic E-state index is -0.418. The summed E-state index contributed by atoms with van der Waals surface area (Å²) in [4.78, 5) is 23.2. The lowest BCUT2D eigenvalue weighted by Crippen LogP contribution is -2.12. The molecule has 0 unspecified atom stereocenters. The Labute approximate surface area is 110 Å². The maximum atomic E-state index is 12.0. The summed E-state index contributed by atoms with van der Waals surface area (Å²) in [5.74, 6) is -0.569. The van der Waals surface area contributed by atoms with Crippen molar-refractivity contribution < 1.29 is 14.7 Å². The first-order valence-corrected chi connectivity index (χ1v) is 5.78. The summed E-state index contributed by atoms with van der Waals surface area (Å²) < 4.78 is 0. The summed E-state index contributed by atoms with van der Waals surface area (Å²) in [5, 5.41) is 12.2. The molecule has 2 aromatic carbocycles. The van der Waals surface area contributed by atoms with E-state index in [1.165, 1.54) is 19.1 Å². The molecule has 0 spiro atoms. The van der Waals surface area contributed by atoms with Gasteiger partial charge in [0.2, 0.25) is 0 Å². The average Bonchev–Trinajstić information content (AvgIpc) is 2.39. The highest BCUT2D eigenvalue weighted by molar-refractivity contribution is 6.06. The van der Waals surface area contributed by atoms with Gasteiger partial charge in [0.05, 0.1) is 5.56 Å². The van der Waals surface area contributed by atoms with E-state index in [1.807, 2.05) is 0 Å². The van der Waals surface area contributed by atoms with Gasteiger partial charge in [0.1, 0.15) is 5.75 Å². The van der Waals surface area contributed by atoms with Crippen LogP contribution in [0.5, 0.6) is 5.75 Å². The number of aromatic hydroxyl groups is 1. The molecule has 4 heteroatoms. The number of carbonyl (C=O) groups excluding carboxylic acids is 2. The third kappa shape index (κ3) is 2.98. The number of rotatable bonds is 3. The summed E-state index contributed by atoms with van der Waals surface area (Å²) in [6.07, 6.45) is 0. The van der Waals surface area contributed by atoms with Gasteiger partial charge in [-0.15, -0.1) is 0 Å². The number of para-hydroxylation sites is 1. The predicted molar refractivity (Wildman–Crippen MR) is 72.5 cm³/mol. The molecule has 0 fully saturated rings. The van der Waals surface area contributed by atoms with Crippen molar-refractivity contribution in [3.8, 4) is 5.75 Å². The monoisotopic (exact) mass is 255 g/mol. The quantitative estimate of drug-likeness (QED) is 0.829. The smallest absolute Gasteiger partial charge is 0.259 e. The molecule has 2 rings (SSSR count). The van der Waals surface area contributed by atoms with Crippen LogP contribution in [0.3, 0.4) is 0 Å². The topological polar surface area (TPSA) is 66.4 Å². The van der Waals surface area contributed by atoms with E-state index in [0.717, 1.165) is 0 Å². The van der Waals surface area contributed by atoms with Crippen molar-refractivity contribution in [3.05, 3.63) is 59.7 Å². The number of benzene rings is 2. The molecular weight excluding hydrogens is 242 g/mol. The Morgan fingerprint density at radius 2 is 1.79 bits per heavy atom. The molecule has 0 saturated heterocycles. The number of hydrogen-bond donors (Lipinski definition) is 2. The standard InChI is InChI=1S/C15H13NO3/c1-10(17)11-5-4-6-12(9-11)16-15(19)13-7-2-3-8-14(13)18/h2-9,18H,1H3,(H,16,19). The number of amides is 1. The average molecular weight is 255 g/mol. The molecule has 0 aliphatic carbocycles. The summed E-state index contributed by atoms with van der Waals surface area (Å²) in [7, 11) is 0. The Balaban J connectivity index is 2.22. The van der Waals surface area contributed by atoms with Crippen LogP contribution in [-0.4, -0.2) is 16.8 Å². The van der Waals surface area contributed by atoms with Crippen molar-refractivity contribution in [2.24, 2.45) is 0 Å². The fraction of sp³-hybridized carbons (Fsp3) is 0.0667. The summed E-state index contributed by atoms with van der Waals surface area (Å²) in [5.41, 5.74) is 1.23. The first-order valence-electron chi connectivity index (χ1n) is 5.78.